The highest BCUT2D eigenvalue weighted by Gasteiger charge is 2.81. The number of methoxy groups -OCH3 is 1. The predicted molar refractivity (Wildman–Crippen MR) is 119 cm³/mol. The maximum Gasteiger partial charge on any atom is 0.383 e. The number of alkyl halides is 6. The first-order valence-electron chi connectivity index (χ1n) is 9.87. The first-order valence-corrected chi connectivity index (χ1v) is 11.5. The van der Waals surface area contributed by atoms with Gasteiger partial charge in [-0.1, -0.05) is 18.2 Å². The maximum atomic E-state index is 14.5. The van der Waals surface area contributed by atoms with E-state index < -0.39 is 40.1 Å². The van der Waals surface area contributed by atoms with E-state index in [0.29, 0.717) is 11.3 Å². The van der Waals surface area contributed by atoms with Crippen molar-refractivity contribution in [1.82, 2.24) is 0 Å². The molecule has 0 amide bonds. The summed E-state index contributed by atoms with van der Waals surface area (Å²) in [6, 6.07) is 10.8. The summed E-state index contributed by atoms with van der Waals surface area (Å²) in [6.45, 7) is 1.11. The topological polar surface area (TPSA) is 18.5 Å². The quantitative estimate of drug-likeness (QED) is 0.229. The highest BCUT2D eigenvalue weighted by atomic mass is 32.1. The minimum absolute atomic E-state index is 0.128. The Morgan fingerprint density at radius 2 is 1.59 bits per heavy atom. The minimum atomic E-state index is -5.91. The van der Waals surface area contributed by atoms with Crippen LogP contribution in [-0.2, 0) is 9.47 Å². The van der Waals surface area contributed by atoms with Crippen LogP contribution in [-0.4, -0.2) is 31.7 Å². The Balaban J connectivity index is 1.80. The lowest BCUT2D eigenvalue weighted by Crippen LogP contribution is -2.48. The van der Waals surface area contributed by atoms with E-state index in [4.69, 9.17) is 9.47 Å². The summed E-state index contributed by atoms with van der Waals surface area (Å²) in [7, 11) is 1.30. The minimum Gasteiger partial charge on any atom is -0.359 e. The highest BCUT2D eigenvalue weighted by molar-refractivity contribution is 7.20. The number of allylic oxidation sites excluding steroid dienone is 2. The SMILES string of the molecule is COCO[C@@H](C)c1cc(/C=C/c2cc3ccccc3s2)sc1C1=C(F)C(F)(F)C(F)(F)C1(F)F. The molecule has 0 saturated heterocycles. The van der Waals surface area contributed by atoms with Gasteiger partial charge in [-0.05, 0) is 48.2 Å². The average molecular weight is 523 g/mol. The van der Waals surface area contributed by atoms with Gasteiger partial charge < -0.3 is 9.47 Å². The molecule has 1 atom stereocenters. The Hall–Kier alpha value is -2.21. The molecule has 34 heavy (non-hydrogen) atoms. The zero-order valence-electron chi connectivity index (χ0n) is 17.7. The number of hydrogen-bond donors (Lipinski definition) is 0. The summed E-state index contributed by atoms with van der Waals surface area (Å²) >= 11 is 1.96. The van der Waals surface area contributed by atoms with Crippen molar-refractivity contribution in [3.63, 3.8) is 0 Å². The number of benzene rings is 1. The van der Waals surface area contributed by atoms with Crippen molar-refractivity contribution in [3.8, 4) is 0 Å². The van der Waals surface area contributed by atoms with Gasteiger partial charge in [0, 0.05) is 26.4 Å². The highest BCUT2D eigenvalue weighted by Crippen LogP contribution is 2.63. The van der Waals surface area contributed by atoms with Crippen molar-refractivity contribution in [1.29, 1.82) is 0 Å². The number of thiophene rings is 2. The molecule has 1 aliphatic carbocycles. The van der Waals surface area contributed by atoms with E-state index in [9.17, 15) is 30.7 Å². The number of rotatable bonds is 7. The lowest BCUT2D eigenvalue weighted by molar-refractivity contribution is -0.263. The Morgan fingerprint density at radius 1 is 0.941 bits per heavy atom. The van der Waals surface area contributed by atoms with Crippen LogP contribution in [0.15, 0.2) is 42.2 Å². The van der Waals surface area contributed by atoms with Crippen LogP contribution in [0.1, 0.15) is 33.2 Å². The summed E-state index contributed by atoms with van der Waals surface area (Å²) in [5.74, 6) is -19.8. The molecule has 0 aliphatic heterocycles. The molecule has 2 aromatic heterocycles. The van der Waals surface area contributed by atoms with E-state index in [0.717, 1.165) is 15.0 Å². The van der Waals surface area contributed by atoms with E-state index in [1.165, 1.54) is 37.5 Å². The molecule has 1 aromatic carbocycles. The Labute approximate surface area is 197 Å². The lowest BCUT2D eigenvalue weighted by atomic mass is 10.0. The molecule has 0 spiro atoms. The zero-order valence-corrected chi connectivity index (χ0v) is 19.3. The summed E-state index contributed by atoms with van der Waals surface area (Å²) < 4.78 is 110. The zero-order chi connectivity index (χ0) is 24.9. The Morgan fingerprint density at radius 3 is 2.18 bits per heavy atom. The van der Waals surface area contributed by atoms with Gasteiger partial charge in [0.05, 0.1) is 11.7 Å². The van der Waals surface area contributed by atoms with Crippen molar-refractivity contribution >= 4 is 50.5 Å². The fourth-order valence-electron chi connectivity index (χ4n) is 3.54. The van der Waals surface area contributed by atoms with Gasteiger partial charge in [-0.25, -0.2) is 4.39 Å². The van der Waals surface area contributed by atoms with Crippen LogP contribution in [0, 0.1) is 0 Å². The number of fused-ring (bicyclic) bond motifs is 1. The molecule has 4 rings (SSSR count). The molecule has 0 unspecified atom stereocenters. The second-order valence-corrected chi connectivity index (χ2v) is 9.78. The molecule has 11 heteroatoms. The summed E-state index contributed by atoms with van der Waals surface area (Å²) in [5, 5.41) is 0.989. The number of ether oxygens (including phenoxy) is 2. The summed E-state index contributed by atoms with van der Waals surface area (Å²) in [5.41, 5.74) is -2.15. The van der Waals surface area contributed by atoms with Crippen molar-refractivity contribution in [2.24, 2.45) is 0 Å². The fraction of sp³-hybridized carbons (Fsp3) is 0.304. The molecule has 3 aromatic rings. The lowest BCUT2D eigenvalue weighted by Gasteiger charge is -2.24. The molecular formula is C23H17F7O2S2. The third-order valence-electron chi connectivity index (χ3n) is 5.34. The molecule has 0 N–H and O–H groups in total. The third kappa shape index (κ3) is 3.88. The van der Waals surface area contributed by atoms with Gasteiger partial charge in [0.25, 0.3) is 0 Å². The van der Waals surface area contributed by atoms with Crippen molar-refractivity contribution < 1.29 is 40.2 Å². The van der Waals surface area contributed by atoms with Crippen LogP contribution in [0.4, 0.5) is 30.7 Å². The molecule has 0 fully saturated rings. The fourth-order valence-corrected chi connectivity index (χ4v) is 5.73. The molecule has 2 nitrogen and oxygen atoms in total. The second kappa shape index (κ2) is 8.78. The second-order valence-electron chi connectivity index (χ2n) is 7.58. The normalized spacial score (nSPS) is 20.0. The van der Waals surface area contributed by atoms with Gasteiger partial charge in [0.15, 0.2) is 5.83 Å². The first-order chi connectivity index (χ1) is 15.9. The van der Waals surface area contributed by atoms with Gasteiger partial charge in [0.2, 0.25) is 0 Å². The van der Waals surface area contributed by atoms with Crippen LogP contribution >= 0.6 is 22.7 Å². The van der Waals surface area contributed by atoms with E-state index in [1.807, 2.05) is 30.3 Å². The van der Waals surface area contributed by atoms with Crippen LogP contribution in [0.5, 0.6) is 0 Å². The molecule has 0 radical (unpaired) electrons. The number of hydrogen-bond acceptors (Lipinski definition) is 4. The van der Waals surface area contributed by atoms with Gasteiger partial charge in [-0.15, -0.1) is 22.7 Å². The van der Waals surface area contributed by atoms with Gasteiger partial charge >= 0.3 is 17.8 Å². The smallest absolute Gasteiger partial charge is 0.359 e. The van der Waals surface area contributed by atoms with Crippen LogP contribution in [0.25, 0.3) is 27.8 Å². The molecule has 2 heterocycles. The van der Waals surface area contributed by atoms with E-state index in [2.05, 4.69) is 0 Å². The number of halogens is 7. The summed E-state index contributed by atoms with van der Waals surface area (Å²) in [4.78, 5) is 0.361. The van der Waals surface area contributed by atoms with Gasteiger partial charge in [0.1, 0.15) is 6.79 Å². The molecule has 1 aliphatic rings. The average Bonchev–Trinajstić information content (AvgIpc) is 3.41. The maximum absolute atomic E-state index is 14.5. The van der Waals surface area contributed by atoms with E-state index in [-0.39, 0.29) is 17.2 Å². The van der Waals surface area contributed by atoms with E-state index >= 15 is 0 Å². The van der Waals surface area contributed by atoms with Crippen LogP contribution in [0.3, 0.4) is 0 Å². The molecular weight excluding hydrogens is 505 g/mol. The monoisotopic (exact) mass is 522 g/mol. The van der Waals surface area contributed by atoms with Crippen molar-refractivity contribution in [3.05, 3.63) is 62.4 Å². The largest absolute Gasteiger partial charge is 0.383 e. The Kier molecular flexibility index (Phi) is 6.43. The summed E-state index contributed by atoms with van der Waals surface area (Å²) in [6.07, 6.45) is 2.16. The molecule has 182 valence electrons. The third-order valence-corrected chi connectivity index (χ3v) is 7.55. The predicted octanol–water partition coefficient (Wildman–Crippen LogP) is 8.41. The van der Waals surface area contributed by atoms with E-state index in [1.54, 1.807) is 6.08 Å². The van der Waals surface area contributed by atoms with Crippen LogP contribution in [0.2, 0.25) is 0 Å². The van der Waals surface area contributed by atoms with Crippen molar-refractivity contribution in [2.45, 2.75) is 30.8 Å². The molecule has 0 bridgehead atoms. The van der Waals surface area contributed by atoms with Crippen LogP contribution < -0.4 is 0 Å². The molecule has 0 saturated carbocycles. The first kappa shape index (κ1) is 24.9. The van der Waals surface area contributed by atoms with Gasteiger partial charge in [-0.2, -0.15) is 26.3 Å². The standard InChI is InChI=1S/C23H17F7O2S2/c1-12(32-11-31-2)16-10-15(8-7-14-9-13-5-3-4-6-17(13)33-14)34-19(16)18-20(24)22(27,28)23(29,30)21(18,25)26/h3-10,12H,11H2,1-2H3/b8-7+/t12-/m0/s1. The van der Waals surface area contributed by atoms with Gasteiger partial charge in [-0.3, -0.25) is 0 Å². The van der Waals surface area contributed by atoms with Crippen molar-refractivity contribution in [2.75, 3.05) is 13.9 Å². The Bertz CT molecular complexity index is 1240.